The zero-order chi connectivity index (χ0) is 10.7. The van der Waals surface area contributed by atoms with Crippen LogP contribution in [0.5, 0.6) is 0 Å². The molecule has 1 aromatic heterocycles. The molecule has 3 N–H and O–H groups in total. The van der Waals surface area contributed by atoms with Crippen LogP contribution in [0, 0.1) is 0 Å². The van der Waals surface area contributed by atoms with Crippen LogP contribution in [0.3, 0.4) is 0 Å². The summed E-state index contributed by atoms with van der Waals surface area (Å²) in [5.41, 5.74) is 5.56. The van der Waals surface area contributed by atoms with Crippen LogP contribution in [0.2, 0.25) is 0 Å². The van der Waals surface area contributed by atoms with Crippen molar-refractivity contribution in [2.45, 2.75) is 25.8 Å². The second kappa shape index (κ2) is 4.81. The van der Waals surface area contributed by atoms with Gasteiger partial charge in [-0.3, -0.25) is 4.90 Å². The van der Waals surface area contributed by atoms with Crippen LogP contribution in [-0.4, -0.2) is 34.9 Å². The van der Waals surface area contributed by atoms with Gasteiger partial charge in [0.1, 0.15) is 10.8 Å². The Morgan fingerprint density at radius 1 is 1.73 bits per heavy atom. The molecular weight excluding hydrogens is 208 g/mol. The Morgan fingerprint density at radius 2 is 2.60 bits per heavy atom. The maximum atomic E-state index is 5.56. The maximum Gasteiger partial charge on any atom is 0.139 e. The Balaban J connectivity index is 1.82. The third-order valence-corrected chi connectivity index (χ3v) is 3.71. The summed E-state index contributed by atoms with van der Waals surface area (Å²) in [5.74, 6) is 0.612. The summed E-state index contributed by atoms with van der Waals surface area (Å²) in [6.45, 7) is 5.63. The highest BCUT2D eigenvalue weighted by atomic mass is 32.1. The molecule has 5 heteroatoms. The number of likely N-dealkylation sites (tertiary alicyclic amines) is 1. The average molecular weight is 226 g/mol. The van der Waals surface area contributed by atoms with Crippen LogP contribution < -0.4 is 11.1 Å². The molecular formula is C10H18N4S. The fraction of sp³-hybridized carbons (Fsp3) is 0.700. The van der Waals surface area contributed by atoms with Crippen LogP contribution in [0.1, 0.15) is 19.8 Å². The minimum Gasteiger partial charge on any atom is -0.383 e. The van der Waals surface area contributed by atoms with Gasteiger partial charge in [-0.1, -0.05) is 6.92 Å². The molecule has 1 atom stereocenters. The lowest BCUT2D eigenvalue weighted by atomic mass is 10.2. The van der Waals surface area contributed by atoms with E-state index in [1.165, 1.54) is 30.9 Å². The third kappa shape index (κ3) is 2.60. The van der Waals surface area contributed by atoms with E-state index in [0.717, 1.165) is 18.1 Å². The Kier molecular flexibility index (Phi) is 3.43. The summed E-state index contributed by atoms with van der Waals surface area (Å²) in [7, 11) is 0. The normalized spacial score (nSPS) is 22.1. The number of nitrogens with two attached hydrogens (primary N) is 1. The zero-order valence-corrected chi connectivity index (χ0v) is 9.89. The number of nitrogens with zero attached hydrogens (tertiary/aromatic N) is 2. The number of likely N-dealkylation sites (N-methyl/N-ethyl adjacent to an activating group) is 1. The molecule has 1 unspecified atom stereocenters. The zero-order valence-electron chi connectivity index (χ0n) is 9.07. The number of aromatic nitrogens is 1. The molecule has 1 fully saturated rings. The van der Waals surface area contributed by atoms with E-state index in [1.807, 2.05) is 6.07 Å². The molecule has 0 radical (unpaired) electrons. The first kappa shape index (κ1) is 10.7. The van der Waals surface area contributed by atoms with Gasteiger partial charge in [0.05, 0.1) is 0 Å². The average Bonchev–Trinajstić information content (AvgIpc) is 2.83. The summed E-state index contributed by atoms with van der Waals surface area (Å²) >= 11 is 1.44. The molecule has 0 aliphatic carbocycles. The van der Waals surface area contributed by atoms with Gasteiger partial charge in [0.2, 0.25) is 0 Å². The molecule has 0 aromatic carbocycles. The predicted octanol–water partition coefficient (Wildman–Crippen LogP) is 1.62. The molecule has 2 heterocycles. The molecule has 84 valence electrons. The second-order valence-electron chi connectivity index (χ2n) is 3.92. The van der Waals surface area contributed by atoms with Crippen molar-refractivity contribution in [1.29, 1.82) is 0 Å². The van der Waals surface area contributed by atoms with E-state index in [4.69, 9.17) is 5.73 Å². The predicted molar refractivity (Wildman–Crippen MR) is 65.3 cm³/mol. The van der Waals surface area contributed by atoms with E-state index in [9.17, 15) is 0 Å². The fourth-order valence-corrected chi connectivity index (χ4v) is 2.71. The molecule has 0 spiro atoms. The van der Waals surface area contributed by atoms with Crippen molar-refractivity contribution in [3.8, 4) is 0 Å². The Morgan fingerprint density at radius 3 is 3.27 bits per heavy atom. The number of nitrogen functional groups attached to an aromatic ring is 1. The molecule has 0 saturated carbocycles. The maximum absolute atomic E-state index is 5.56. The summed E-state index contributed by atoms with van der Waals surface area (Å²) in [5, 5.41) is 4.49. The first-order valence-corrected chi connectivity index (χ1v) is 6.27. The van der Waals surface area contributed by atoms with Crippen LogP contribution in [0.4, 0.5) is 10.8 Å². The minimum atomic E-state index is 0.612. The van der Waals surface area contributed by atoms with Gasteiger partial charge in [0.25, 0.3) is 0 Å². The summed E-state index contributed by atoms with van der Waals surface area (Å²) in [6.07, 6.45) is 2.63. The van der Waals surface area contributed by atoms with Gasteiger partial charge in [-0.25, -0.2) is 0 Å². The standard InChI is InChI=1S/C10H18N4S/c1-2-14-5-3-4-8(14)7-12-10-6-9(11)13-15-10/h6,8,12H,2-5,7H2,1H3,(H2,11,13). The van der Waals surface area contributed by atoms with Gasteiger partial charge in [0, 0.05) is 18.7 Å². The number of hydrogen-bond acceptors (Lipinski definition) is 5. The molecule has 0 bridgehead atoms. The van der Waals surface area contributed by atoms with E-state index in [0.29, 0.717) is 11.9 Å². The van der Waals surface area contributed by atoms with Crippen molar-refractivity contribution >= 4 is 22.4 Å². The smallest absolute Gasteiger partial charge is 0.139 e. The monoisotopic (exact) mass is 226 g/mol. The number of hydrogen-bond donors (Lipinski definition) is 2. The van der Waals surface area contributed by atoms with Gasteiger partial charge in [-0.2, -0.15) is 4.37 Å². The highest BCUT2D eigenvalue weighted by molar-refractivity contribution is 7.10. The summed E-state index contributed by atoms with van der Waals surface area (Å²) in [4.78, 5) is 2.53. The first-order chi connectivity index (χ1) is 7.29. The quantitative estimate of drug-likeness (QED) is 0.819. The van der Waals surface area contributed by atoms with E-state index < -0.39 is 0 Å². The van der Waals surface area contributed by atoms with Crippen LogP contribution in [0.15, 0.2) is 6.07 Å². The molecule has 1 saturated heterocycles. The Labute approximate surface area is 94.6 Å². The molecule has 4 nitrogen and oxygen atoms in total. The lowest BCUT2D eigenvalue weighted by molar-refractivity contribution is 0.277. The first-order valence-electron chi connectivity index (χ1n) is 5.49. The molecule has 1 aliphatic rings. The van der Waals surface area contributed by atoms with E-state index >= 15 is 0 Å². The van der Waals surface area contributed by atoms with Crippen LogP contribution in [-0.2, 0) is 0 Å². The van der Waals surface area contributed by atoms with Crippen LogP contribution >= 0.6 is 11.5 Å². The van der Waals surface area contributed by atoms with Gasteiger partial charge in [-0.15, -0.1) is 0 Å². The second-order valence-corrected chi connectivity index (χ2v) is 4.73. The minimum absolute atomic E-state index is 0.612. The Bertz CT molecular complexity index is 312. The summed E-state index contributed by atoms with van der Waals surface area (Å²) < 4.78 is 4.04. The molecule has 1 aliphatic heterocycles. The highest BCUT2D eigenvalue weighted by Crippen LogP contribution is 2.20. The van der Waals surface area contributed by atoms with Crippen molar-refractivity contribution in [1.82, 2.24) is 9.27 Å². The van der Waals surface area contributed by atoms with Gasteiger partial charge in [0.15, 0.2) is 0 Å². The van der Waals surface area contributed by atoms with Crippen molar-refractivity contribution in [2.24, 2.45) is 0 Å². The number of anilines is 2. The van der Waals surface area contributed by atoms with Gasteiger partial charge < -0.3 is 11.1 Å². The SMILES string of the molecule is CCN1CCCC1CNc1cc(N)ns1. The topological polar surface area (TPSA) is 54.2 Å². The van der Waals surface area contributed by atoms with Crippen molar-refractivity contribution in [3.05, 3.63) is 6.07 Å². The lowest BCUT2D eigenvalue weighted by Gasteiger charge is -2.22. The van der Waals surface area contributed by atoms with Crippen LogP contribution in [0.25, 0.3) is 0 Å². The lowest BCUT2D eigenvalue weighted by Crippen LogP contribution is -2.34. The fourth-order valence-electron chi connectivity index (χ4n) is 2.13. The molecule has 2 rings (SSSR count). The summed E-state index contributed by atoms with van der Waals surface area (Å²) in [6, 6.07) is 2.58. The molecule has 1 aromatic rings. The van der Waals surface area contributed by atoms with Crippen molar-refractivity contribution in [2.75, 3.05) is 30.7 Å². The van der Waals surface area contributed by atoms with Gasteiger partial charge >= 0.3 is 0 Å². The number of nitrogens with one attached hydrogen (secondary N) is 1. The third-order valence-electron chi connectivity index (χ3n) is 2.95. The Hall–Kier alpha value is -0.810. The highest BCUT2D eigenvalue weighted by Gasteiger charge is 2.22. The number of rotatable bonds is 4. The largest absolute Gasteiger partial charge is 0.383 e. The molecule has 0 amide bonds. The van der Waals surface area contributed by atoms with E-state index in [1.54, 1.807) is 0 Å². The van der Waals surface area contributed by atoms with Crippen molar-refractivity contribution < 1.29 is 0 Å². The molecule has 15 heavy (non-hydrogen) atoms. The van der Waals surface area contributed by atoms with E-state index in [2.05, 4.69) is 21.5 Å². The van der Waals surface area contributed by atoms with Crippen molar-refractivity contribution in [3.63, 3.8) is 0 Å². The van der Waals surface area contributed by atoms with E-state index in [-0.39, 0.29) is 0 Å². The van der Waals surface area contributed by atoms with Gasteiger partial charge in [-0.05, 0) is 37.5 Å².